The van der Waals surface area contributed by atoms with Crippen LogP contribution in [0.25, 0.3) is 5.69 Å². The average Bonchev–Trinajstić information content (AvgIpc) is 3.32. The normalized spacial score (nSPS) is 18.2. The van der Waals surface area contributed by atoms with Crippen molar-refractivity contribution in [3.63, 3.8) is 0 Å². The molecule has 33 heavy (non-hydrogen) atoms. The quantitative estimate of drug-likeness (QED) is 0.525. The molecule has 1 aliphatic rings. The molecule has 0 saturated carbocycles. The lowest BCUT2D eigenvalue weighted by atomic mass is 9.91. The maximum absolute atomic E-state index is 12.9. The van der Waals surface area contributed by atoms with E-state index in [0.717, 1.165) is 54.1 Å². The number of nitrogens with zero attached hydrogens (tertiary/aromatic N) is 4. The molecule has 1 saturated heterocycles. The highest BCUT2D eigenvalue weighted by Crippen LogP contribution is 2.31. The number of aromatic nitrogens is 4. The molecule has 7 nitrogen and oxygen atoms in total. The largest absolute Gasteiger partial charge is 0.496 e. The standard InChI is InChI=1S/C21H23F3N6O.2ClH/c1-31-19-9-8-17(30-13-27-28-29-30)11-15(19)12-26-18-3-2-10-25-20(18)14-4-6-16(7-5-14)21(22,23)24;;/h4-9,11,13,18,20,25-26H,2-3,10,12H2,1H3;2*1H/t18-,20-;;/m0../s1. The summed E-state index contributed by atoms with van der Waals surface area (Å²) in [6.45, 7) is 1.35. The Balaban J connectivity index is 0.00000193. The number of tetrazole rings is 1. The van der Waals surface area contributed by atoms with E-state index in [9.17, 15) is 13.2 Å². The number of hydrogen-bond acceptors (Lipinski definition) is 6. The summed E-state index contributed by atoms with van der Waals surface area (Å²) in [6.07, 6.45) is -0.924. The number of hydrogen-bond donors (Lipinski definition) is 2. The summed E-state index contributed by atoms with van der Waals surface area (Å²) in [5, 5.41) is 18.2. The van der Waals surface area contributed by atoms with Crippen molar-refractivity contribution in [1.29, 1.82) is 0 Å². The molecule has 12 heteroatoms. The summed E-state index contributed by atoms with van der Waals surface area (Å²) >= 11 is 0. The minimum atomic E-state index is -4.34. The first-order chi connectivity index (χ1) is 15.0. The fraction of sp³-hybridized carbons (Fsp3) is 0.381. The summed E-state index contributed by atoms with van der Waals surface area (Å²) in [5.41, 5.74) is 1.94. The zero-order chi connectivity index (χ0) is 21.8. The lowest BCUT2D eigenvalue weighted by molar-refractivity contribution is -0.137. The van der Waals surface area contributed by atoms with Crippen LogP contribution in [-0.4, -0.2) is 39.9 Å². The Morgan fingerprint density at radius 1 is 1.15 bits per heavy atom. The van der Waals surface area contributed by atoms with Crippen molar-refractivity contribution in [3.05, 3.63) is 65.5 Å². The highest BCUT2D eigenvalue weighted by atomic mass is 35.5. The van der Waals surface area contributed by atoms with Crippen LogP contribution in [-0.2, 0) is 12.7 Å². The number of nitrogens with one attached hydrogen (secondary N) is 2. The van der Waals surface area contributed by atoms with Crippen molar-refractivity contribution in [2.45, 2.75) is 37.6 Å². The molecule has 0 radical (unpaired) electrons. The van der Waals surface area contributed by atoms with Gasteiger partial charge in [-0.25, -0.2) is 4.68 Å². The zero-order valence-electron chi connectivity index (χ0n) is 17.7. The minimum absolute atomic E-state index is 0. The summed E-state index contributed by atoms with van der Waals surface area (Å²) in [7, 11) is 1.61. The molecule has 2 N–H and O–H groups in total. The van der Waals surface area contributed by atoms with Crippen LogP contribution in [0, 0.1) is 0 Å². The highest BCUT2D eigenvalue weighted by molar-refractivity contribution is 5.85. The van der Waals surface area contributed by atoms with Gasteiger partial charge in [0.1, 0.15) is 12.1 Å². The first kappa shape index (κ1) is 26.8. The summed E-state index contributed by atoms with van der Waals surface area (Å²) in [6, 6.07) is 11.1. The molecule has 180 valence electrons. The van der Waals surface area contributed by atoms with Gasteiger partial charge >= 0.3 is 6.18 Å². The Morgan fingerprint density at radius 2 is 1.91 bits per heavy atom. The van der Waals surface area contributed by atoms with E-state index < -0.39 is 11.7 Å². The Morgan fingerprint density at radius 3 is 2.55 bits per heavy atom. The van der Waals surface area contributed by atoms with E-state index >= 15 is 0 Å². The highest BCUT2D eigenvalue weighted by Gasteiger charge is 2.31. The van der Waals surface area contributed by atoms with Gasteiger partial charge in [-0.05, 0) is 65.7 Å². The molecule has 2 atom stereocenters. The first-order valence-corrected chi connectivity index (χ1v) is 10.00. The van der Waals surface area contributed by atoms with Gasteiger partial charge < -0.3 is 15.4 Å². The third-order valence-corrected chi connectivity index (χ3v) is 5.49. The van der Waals surface area contributed by atoms with Gasteiger partial charge in [0, 0.05) is 24.2 Å². The Kier molecular flexibility index (Phi) is 9.47. The van der Waals surface area contributed by atoms with Gasteiger partial charge in [0.25, 0.3) is 0 Å². The SMILES string of the molecule is COc1ccc(-n2cnnn2)cc1CN[C@H]1CCCN[C@H]1c1ccc(C(F)(F)F)cc1.Cl.Cl. The molecule has 0 spiro atoms. The molecule has 2 heterocycles. The van der Waals surface area contributed by atoms with Crippen molar-refractivity contribution < 1.29 is 17.9 Å². The van der Waals surface area contributed by atoms with Crippen LogP contribution in [0.15, 0.2) is 48.8 Å². The maximum atomic E-state index is 12.9. The molecular weight excluding hydrogens is 480 g/mol. The lowest BCUT2D eigenvalue weighted by Crippen LogP contribution is -2.45. The van der Waals surface area contributed by atoms with Crippen molar-refractivity contribution in [2.75, 3.05) is 13.7 Å². The van der Waals surface area contributed by atoms with Crippen LogP contribution in [0.1, 0.15) is 35.6 Å². The zero-order valence-corrected chi connectivity index (χ0v) is 19.4. The second-order valence-corrected chi connectivity index (χ2v) is 7.43. The topological polar surface area (TPSA) is 76.9 Å². The second-order valence-electron chi connectivity index (χ2n) is 7.43. The number of ether oxygens (including phenoxy) is 1. The van der Waals surface area contributed by atoms with Crippen LogP contribution < -0.4 is 15.4 Å². The van der Waals surface area contributed by atoms with E-state index in [-0.39, 0.29) is 36.9 Å². The van der Waals surface area contributed by atoms with Gasteiger partial charge in [0.2, 0.25) is 0 Å². The van der Waals surface area contributed by atoms with E-state index in [1.54, 1.807) is 23.9 Å². The molecule has 1 aliphatic heterocycles. The monoisotopic (exact) mass is 504 g/mol. The summed E-state index contributed by atoms with van der Waals surface area (Å²) in [5.74, 6) is 0.735. The summed E-state index contributed by atoms with van der Waals surface area (Å²) in [4.78, 5) is 0. The van der Waals surface area contributed by atoms with Gasteiger partial charge in [-0.2, -0.15) is 13.2 Å². The van der Waals surface area contributed by atoms with E-state index in [0.29, 0.717) is 6.54 Å². The van der Waals surface area contributed by atoms with E-state index in [4.69, 9.17) is 4.74 Å². The van der Waals surface area contributed by atoms with Crippen molar-refractivity contribution in [1.82, 2.24) is 30.8 Å². The molecule has 4 rings (SSSR count). The first-order valence-electron chi connectivity index (χ1n) is 10.00. The molecule has 2 aromatic carbocycles. The van der Waals surface area contributed by atoms with Crippen LogP contribution in [0.4, 0.5) is 13.2 Å². The van der Waals surface area contributed by atoms with E-state index in [1.165, 1.54) is 6.33 Å². The van der Waals surface area contributed by atoms with E-state index in [2.05, 4.69) is 26.2 Å². The average molecular weight is 505 g/mol. The van der Waals surface area contributed by atoms with Crippen LogP contribution in [0.3, 0.4) is 0 Å². The van der Waals surface area contributed by atoms with Gasteiger partial charge in [0.05, 0.1) is 18.4 Å². The number of alkyl halides is 3. The fourth-order valence-electron chi connectivity index (χ4n) is 3.90. The second kappa shape index (κ2) is 11.6. The Hall–Kier alpha value is -2.40. The lowest BCUT2D eigenvalue weighted by Gasteiger charge is -2.34. The Labute approximate surface area is 201 Å². The molecular formula is C21H25Cl2F3N6O. The van der Waals surface area contributed by atoms with E-state index in [1.807, 2.05) is 18.2 Å². The van der Waals surface area contributed by atoms with Crippen molar-refractivity contribution >= 4 is 24.8 Å². The number of piperidine rings is 1. The smallest absolute Gasteiger partial charge is 0.416 e. The van der Waals surface area contributed by atoms with Crippen LogP contribution in [0.5, 0.6) is 5.75 Å². The number of methoxy groups -OCH3 is 1. The van der Waals surface area contributed by atoms with Gasteiger partial charge in [-0.1, -0.05) is 12.1 Å². The van der Waals surface area contributed by atoms with Gasteiger partial charge in [-0.3, -0.25) is 0 Å². The Bertz CT molecular complexity index is 1000. The predicted molar refractivity (Wildman–Crippen MR) is 122 cm³/mol. The fourth-order valence-corrected chi connectivity index (χ4v) is 3.90. The molecule has 1 fully saturated rings. The maximum Gasteiger partial charge on any atom is 0.416 e. The molecule has 0 unspecified atom stereocenters. The summed E-state index contributed by atoms with van der Waals surface area (Å²) < 4.78 is 45.8. The van der Waals surface area contributed by atoms with Crippen LogP contribution in [0.2, 0.25) is 0 Å². The molecule has 3 aromatic rings. The van der Waals surface area contributed by atoms with Crippen molar-refractivity contribution in [2.24, 2.45) is 0 Å². The number of benzene rings is 2. The van der Waals surface area contributed by atoms with Crippen molar-refractivity contribution in [3.8, 4) is 11.4 Å². The molecule has 1 aromatic heterocycles. The molecule has 0 amide bonds. The number of rotatable bonds is 6. The van der Waals surface area contributed by atoms with Gasteiger partial charge in [-0.15, -0.1) is 29.9 Å². The van der Waals surface area contributed by atoms with Gasteiger partial charge in [0.15, 0.2) is 0 Å². The predicted octanol–water partition coefficient (Wildman–Crippen LogP) is 4.12. The number of halogens is 5. The molecule has 0 aliphatic carbocycles. The third kappa shape index (κ3) is 6.35. The molecule has 0 bridgehead atoms. The van der Waals surface area contributed by atoms with Crippen LogP contribution >= 0.6 is 24.8 Å². The minimum Gasteiger partial charge on any atom is -0.496 e. The third-order valence-electron chi connectivity index (χ3n) is 5.49.